The zero-order valence-corrected chi connectivity index (χ0v) is 13.8. The first-order chi connectivity index (χ1) is 9.78. The van der Waals surface area contributed by atoms with Gasteiger partial charge in [-0.25, -0.2) is 4.68 Å². The van der Waals surface area contributed by atoms with Crippen LogP contribution >= 0.6 is 12.4 Å². The van der Waals surface area contributed by atoms with Crippen molar-refractivity contribution in [2.24, 2.45) is 11.7 Å². The van der Waals surface area contributed by atoms with Crippen LogP contribution in [0.4, 0.5) is 8.78 Å². The predicted molar refractivity (Wildman–Crippen MR) is 82.2 cm³/mol. The van der Waals surface area contributed by atoms with Crippen LogP contribution in [-0.2, 0) is 11.2 Å². The van der Waals surface area contributed by atoms with Gasteiger partial charge >= 0.3 is 6.55 Å². The molecule has 1 atom stereocenters. The maximum Gasteiger partial charge on any atom is 0.333 e. The Kier molecular flexibility index (Phi) is 5.92. The van der Waals surface area contributed by atoms with Crippen LogP contribution in [0.1, 0.15) is 43.3 Å². The van der Waals surface area contributed by atoms with Gasteiger partial charge in [-0.3, -0.25) is 4.79 Å². The first-order valence-corrected chi connectivity index (χ1v) is 7.12. The number of amides is 1. The molecule has 1 heterocycles. The number of nitrogens with two attached hydrogens (primary N) is 1. The maximum atomic E-state index is 12.8. The minimum atomic E-state index is -2.69. The van der Waals surface area contributed by atoms with E-state index in [0.29, 0.717) is 34.1 Å². The molecule has 3 N–H and O–H groups in total. The lowest BCUT2D eigenvalue weighted by atomic mass is 9.95. The number of hydrogen-bond donors (Lipinski definition) is 2. The van der Waals surface area contributed by atoms with Gasteiger partial charge in [0.05, 0.1) is 17.7 Å². The molecule has 1 saturated carbocycles. The van der Waals surface area contributed by atoms with Crippen molar-refractivity contribution in [2.45, 2.75) is 52.1 Å². The maximum absolute atomic E-state index is 12.8. The summed E-state index contributed by atoms with van der Waals surface area (Å²) in [5, 5.41) is 6.75. The Balaban J connectivity index is 0.00000242. The molecule has 1 fully saturated rings. The minimum Gasteiger partial charge on any atom is -0.349 e. The van der Waals surface area contributed by atoms with Crippen molar-refractivity contribution in [1.82, 2.24) is 15.1 Å². The van der Waals surface area contributed by atoms with Crippen molar-refractivity contribution in [3.05, 3.63) is 17.0 Å². The van der Waals surface area contributed by atoms with Gasteiger partial charge in [-0.1, -0.05) is 0 Å². The van der Waals surface area contributed by atoms with Crippen LogP contribution in [-0.4, -0.2) is 27.8 Å². The number of nitrogens with one attached hydrogen (secondary N) is 1. The molecule has 8 heteroatoms. The van der Waals surface area contributed by atoms with Crippen LogP contribution in [0.25, 0.3) is 0 Å². The molecule has 0 radical (unpaired) electrons. The lowest BCUT2D eigenvalue weighted by molar-refractivity contribution is -0.122. The van der Waals surface area contributed by atoms with Crippen LogP contribution in [0.15, 0.2) is 0 Å². The molecular formula is C14H23ClF2N4O. The number of rotatable bonds is 6. The Hall–Kier alpha value is -1.21. The Labute approximate surface area is 135 Å². The topological polar surface area (TPSA) is 72.9 Å². The average molecular weight is 337 g/mol. The summed E-state index contributed by atoms with van der Waals surface area (Å²) in [6, 6.07) is 0. The number of carbonyl (C=O) groups excluding carboxylic acids is 1. The fourth-order valence-electron chi connectivity index (χ4n) is 2.71. The van der Waals surface area contributed by atoms with Gasteiger partial charge in [0.1, 0.15) is 0 Å². The fraction of sp³-hybridized carbons (Fsp3) is 0.714. The highest BCUT2D eigenvalue weighted by Crippen LogP contribution is 2.39. The SMILES string of the molecule is Cc1nn(C(F)F)c(C)c1CC(=O)NC(C)(CN)C1CC1.Cl. The van der Waals surface area contributed by atoms with E-state index in [-0.39, 0.29) is 24.7 Å². The molecule has 5 nitrogen and oxygen atoms in total. The van der Waals surface area contributed by atoms with Gasteiger partial charge in [0.15, 0.2) is 0 Å². The number of carbonyl (C=O) groups is 1. The Morgan fingerprint density at radius 2 is 2.09 bits per heavy atom. The van der Waals surface area contributed by atoms with Gasteiger partial charge in [0, 0.05) is 17.8 Å². The van der Waals surface area contributed by atoms with Crippen molar-refractivity contribution in [3.8, 4) is 0 Å². The highest BCUT2D eigenvalue weighted by Gasteiger charge is 2.41. The smallest absolute Gasteiger partial charge is 0.333 e. The van der Waals surface area contributed by atoms with E-state index in [9.17, 15) is 13.6 Å². The third kappa shape index (κ3) is 3.76. The summed E-state index contributed by atoms with van der Waals surface area (Å²) in [6.07, 6.45) is 2.18. The van der Waals surface area contributed by atoms with E-state index in [1.54, 1.807) is 13.8 Å². The van der Waals surface area contributed by atoms with Crippen LogP contribution in [0.5, 0.6) is 0 Å². The van der Waals surface area contributed by atoms with Crippen LogP contribution < -0.4 is 11.1 Å². The first kappa shape index (κ1) is 18.8. The molecule has 0 spiro atoms. The highest BCUT2D eigenvalue weighted by atomic mass is 35.5. The summed E-state index contributed by atoms with van der Waals surface area (Å²) in [6.45, 7) is 2.80. The second-order valence-electron chi connectivity index (χ2n) is 5.99. The molecule has 0 aliphatic heterocycles. The third-order valence-corrected chi connectivity index (χ3v) is 4.32. The monoisotopic (exact) mass is 336 g/mol. The number of halogens is 3. The normalized spacial score (nSPS) is 17.0. The van der Waals surface area contributed by atoms with Gasteiger partial charge in [-0.15, -0.1) is 12.4 Å². The van der Waals surface area contributed by atoms with E-state index >= 15 is 0 Å². The van der Waals surface area contributed by atoms with E-state index < -0.39 is 12.1 Å². The standard InChI is InChI=1S/C14H22F2N4O.ClH/c1-8-11(9(2)20(19-8)13(15)16)6-12(21)18-14(3,7-17)10-4-5-10;/h10,13H,4-7,17H2,1-3H3,(H,18,21);1H. The molecule has 0 aromatic carbocycles. The van der Waals surface area contributed by atoms with Crippen molar-refractivity contribution in [1.29, 1.82) is 0 Å². The number of aryl methyl sites for hydroxylation is 1. The fourth-order valence-corrected chi connectivity index (χ4v) is 2.71. The van der Waals surface area contributed by atoms with E-state index in [1.807, 2.05) is 6.92 Å². The summed E-state index contributed by atoms with van der Waals surface area (Å²) in [4.78, 5) is 12.2. The van der Waals surface area contributed by atoms with E-state index in [1.165, 1.54) is 0 Å². The zero-order valence-electron chi connectivity index (χ0n) is 13.0. The number of nitrogens with zero attached hydrogens (tertiary/aromatic N) is 2. The molecule has 1 amide bonds. The van der Waals surface area contributed by atoms with Crippen molar-refractivity contribution < 1.29 is 13.6 Å². The molecule has 0 saturated heterocycles. The first-order valence-electron chi connectivity index (χ1n) is 7.12. The van der Waals surface area contributed by atoms with Crippen molar-refractivity contribution in [3.63, 3.8) is 0 Å². The van der Waals surface area contributed by atoms with Gasteiger partial charge in [-0.2, -0.15) is 13.9 Å². The summed E-state index contributed by atoms with van der Waals surface area (Å²) in [5.74, 6) is 0.215. The predicted octanol–water partition coefficient (Wildman–Crippen LogP) is 2.10. The Morgan fingerprint density at radius 1 is 1.50 bits per heavy atom. The molecule has 2 rings (SSSR count). The summed E-state index contributed by atoms with van der Waals surface area (Å²) in [7, 11) is 0. The van der Waals surface area contributed by atoms with E-state index in [2.05, 4.69) is 10.4 Å². The molecule has 1 aromatic heterocycles. The van der Waals surface area contributed by atoms with Crippen LogP contribution in [0.3, 0.4) is 0 Å². The van der Waals surface area contributed by atoms with Gasteiger partial charge < -0.3 is 11.1 Å². The average Bonchev–Trinajstić information content (AvgIpc) is 3.22. The quantitative estimate of drug-likeness (QED) is 0.835. The Morgan fingerprint density at radius 3 is 2.50 bits per heavy atom. The van der Waals surface area contributed by atoms with E-state index in [0.717, 1.165) is 12.8 Å². The molecule has 22 heavy (non-hydrogen) atoms. The summed E-state index contributed by atoms with van der Waals surface area (Å²) in [5.41, 5.74) is 6.71. The van der Waals surface area contributed by atoms with Gasteiger partial charge in [0.25, 0.3) is 0 Å². The second-order valence-corrected chi connectivity index (χ2v) is 5.99. The summed E-state index contributed by atoms with van der Waals surface area (Å²) < 4.78 is 26.2. The third-order valence-electron chi connectivity index (χ3n) is 4.32. The number of alkyl halides is 2. The molecular weight excluding hydrogens is 314 g/mol. The van der Waals surface area contributed by atoms with Crippen LogP contribution in [0, 0.1) is 19.8 Å². The molecule has 1 aliphatic carbocycles. The Bertz CT molecular complexity index is 545. The number of aromatic nitrogens is 2. The molecule has 1 aromatic rings. The molecule has 0 bridgehead atoms. The lowest BCUT2D eigenvalue weighted by Crippen LogP contribution is -2.53. The molecule has 1 unspecified atom stereocenters. The van der Waals surface area contributed by atoms with Gasteiger partial charge in [-0.05, 0) is 39.5 Å². The zero-order chi connectivity index (χ0) is 15.8. The molecule has 1 aliphatic rings. The van der Waals surface area contributed by atoms with E-state index in [4.69, 9.17) is 5.73 Å². The van der Waals surface area contributed by atoms with Crippen LogP contribution in [0.2, 0.25) is 0 Å². The lowest BCUT2D eigenvalue weighted by Gasteiger charge is -2.29. The largest absolute Gasteiger partial charge is 0.349 e. The molecule has 126 valence electrons. The van der Waals surface area contributed by atoms with Crippen molar-refractivity contribution in [2.75, 3.05) is 6.54 Å². The highest BCUT2D eigenvalue weighted by molar-refractivity contribution is 5.85. The van der Waals surface area contributed by atoms with Gasteiger partial charge in [0.2, 0.25) is 5.91 Å². The second kappa shape index (κ2) is 6.91. The minimum absolute atomic E-state index is 0. The number of hydrogen-bond acceptors (Lipinski definition) is 3. The van der Waals surface area contributed by atoms with Crippen molar-refractivity contribution >= 4 is 18.3 Å². The summed E-state index contributed by atoms with van der Waals surface area (Å²) >= 11 is 0.